The van der Waals surface area contributed by atoms with Crippen LogP contribution < -0.4 is 4.74 Å². The molecule has 3 aromatic rings. The molecule has 0 aliphatic heterocycles. The highest BCUT2D eigenvalue weighted by atomic mass is 35.5. The van der Waals surface area contributed by atoms with Gasteiger partial charge in [0, 0.05) is 34.4 Å². The number of benzene rings is 2. The number of thioether (sulfide) groups is 1. The molecule has 2 aromatic carbocycles. The monoisotopic (exact) mass is 429 g/mol. The zero-order chi connectivity index (χ0) is 21.0. The highest BCUT2D eigenvalue weighted by Gasteiger charge is 2.19. The summed E-state index contributed by atoms with van der Waals surface area (Å²) in [5, 5.41) is 12.1. The largest absolute Gasteiger partial charge is 0.439 e. The van der Waals surface area contributed by atoms with Crippen LogP contribution in [0.1, 0.15) is 32.0 Å². The van der Waals surface area contributed by atoms with Crippen LogP contribution in [-0.2, 0) is 11.2 Å². The van der Waals surface area contributed by atoms with E-state index in [0.717, 1.165) is 11.3 Å². The molecule has 1 heterocycles. The lowest BCUT2D eigenvalue weighted by Gasteiger charge is -2.19. The molecule has 3 rings (SSSR count). The zero-order valence-electron chi connectivity index (χ0n) is 16.3. The van der Waals surface area contributed by atoms with E-state index in [0.29, 0.717) is 27.6 Å². The van der Waals surface area contributed by atoms with E-state index in [2.05, 4.69) is 30.7 Å². The topological polar surface area (TPSA) is 78.2 Å². The molecule has 0 atom stereocenters. The molecule has 0 N–H and O–H groups in total. The minimum absolute atomic E-state index is 0.00758. The summed E-state index contributed by atoms with van der Waals surface area (Å²) >= 11 is 7.55. The molecule has 0 amide bonds. The molecule has 0 spiro atoms. The Morgan fingerprint density at radius 3 is 2.45 bits per heavy atom. The van der Waals surface area contributed by atoms with Gasteiger partial charge in [-0.05, 0) is 29.8 Å². The molecule has 0 aliphatic rings. The number of ether oxygens (including phenoxy) is 1. The molecule has 0 unspecified atom stereocenters. The lowest BCUT2D eigenvalue weighted by molar-refractivity contribution is -0.384. The molecule has 8 heteroatoms. The van der Waals surface area contributed by atoms with Gasteiger partial charge in [-0.2, -0.15) is 4.98 Å². The van der Waals surface area contributed by atoms with Crippen LogP contribution in [0.4, 0.5) is 5.69 Å². The molecule has 150 valence electrons. The fraction of sp³-hybridized carbons (Fsp3) is 0.238. The van der Waals surface area contributed by atoms with Crippen molar-refractivity contribution in [2.45, 2.75) is 37.1 Å². The summed E-state index contributed by atoms with van der Waals surface area (Å²) in [4.78, 5) is 19.5. The van der Waals surface area contributed by atoms with Gasteiger partial charge in [-0.3, -0.25) is 10.1 Å². The van der Waals surface area contributed by atoms with E-state index >= 15 is 0 Å². The predicted octanol–water partition coefficient (Wildman–Crippen LogP) is 6.42. The summed E-state index contributed by atoms with van der Waals surface area (Å²) in [6.07, 6.45) is 0. The van der Waals surface area contributed by atoms with Crippen LogP contribution in [0.2, 0.25) is 5.02 Å². The number of aromatic nitrogens is 2. The van der Waals surface area contributed by atoms with E-state index in [-0.39, 0.29) is 11.1 Å². The molecule has 0 aliphatic carbocycles. The Bertz CT molecular complexity index is 1020. The first-order chi connectivity index (χ1) is 13.7. The number of nitro benzene ring substituents is 1. The molecule has 0 radical (unpaired) electrons. The summed E-state index contributed by atoms with van der Waals surface area (Å²) in [7, 11) is 0. The standard InChI is InChI=1S/C21H20ClN3O3S/c1-21(2,3)18-12-19(28-17-9-7-16(8-10-17)25(26)27)24-20(23-18)29-13-14-5-4-6-15(22)11-14/h4-12H,13H2,1-3H3. The van der Waals surface area contributed by atoms with E-state index < -0.39 is 4.92 Å². The average molecular weight is 430 g/mol. The third-order valence-electron chi connectivity index (χ3n) is 3.98. The Morgan fingerprint density at radius 1 is 1.10 bits per heavy atom. The van der Waals surface area contributed by atoms with Crippen LogP contribution in [0.5, 0.6) is 11.6 Å². The van der Waals surface area contributed by atoms with Crippen molar-refractivity contribution in [3.05, 3.63) is 81.0 Å². The van der Waals surface area contributed by atoms with E-state index in [4.69, 9.17) is 16.3 Å². The number of rotatable bonds is 6. The molecule has 29 heavy (non-hydrogen) atoms. The van der Waals surface area contributed by atoms with Gasteiger partial charge in [-0.25, -0.2) is 4.98 Å². The summed E-state index contributed by atoms with van der Waals surface area (Å²) in [5.74, 6) is 1.54. The Morgan fingerprint density at radius 2 is 1.83 bits per heavy atom. The fourth-order valence-corrected chi connectivity index (χ4v) is 3.44. The van der Waals surface area contributed by atoms with Crippen molar-refractivity contribution in [3.8, 4) is 11.6 Å². The molecule has 1 aromatic heterocycles. The molecule has 0 saturated carbocycles. The van der Waals surface area contributed by atoms with Gasteiger partial charge in [0.15, 0.2) is 5.16 Å². The van der Waals surface area contributed by atoms with Crippen LogP contribution in [-0.4, -0.2) is 14.9 Å². The van der Waals surface area contributed by atoms with Crippen LogP contribution in [0.15, 0.2) is 59.8 Å². The van der Waals surface area contributed by atoms with E-state index in [1.807, 2.05) is 24.3 Å². The summed E-state index contributed by atoms with van der Waals surface area (Å²) < 4.78 is 5.85. The van der Waals surface area contributed by atoms with Gasteiger partial charge in [-0.15, -0.1) is 0 Å². The second kappa shape index (κ2) is 8.80. The third kappa shape index (κ3) is 5.92. The molecular weight excluding hydrogens is 410 g/mol. The van der Waals surface area contributed by atoms with Crippen molar-refractivity contribution in [1.29, 1.82) is 0 Å². The van der Waals surface area contributed by atoms with Gasteiger partial charge in [0.25, 0.3) is 5.69 Å². The zero-order valence-corrected chi connectivity index (χ0v) is 17.8. The Kier molecular flexibility index (Phi) is 6.39. The van der Waals surface area contributed by atoms with E-state index in [9.17, 15) is 10.1 Å². The van der Waals surface area contributed by atoms with Crippen LogP contribution >= 0.6 is 23.4 Å². The lowest BCUT2D eigenvalue weighted by Crippen LogP contribution is -2.14. The highest BCUT2D eigenvalue weighted by Crippen LogP contribution is 2.30. The van der Waals surface area contributed by atoms with Crippen LogP contribution in [0, 0.1) is 10.1 Å². The first kappa shape index (κ1) is 21.1. The Labute approximate surface area is 178 Å². The molecule has 0 fully saturated rings. The molecule has 0 bridgehead atoms. The number of hydrogen-bond donors (Lipinski definition) is 0. The number of nitrogens with zero attached hydrogens (tertiary/aromatic N) is 3. The van der Waals surface area contributed by atoms with Crippen molar-refractivity contribution in [2.24, 2.45) is 0 Å². The predicted molar refractivity (Wildman–Crippen MR) is 115 cm³/mol. The summed E-state index contributed by atoms with van der Waals surface area (Å²) in [6, 6.07) is 15.4. The highest BCUT2D eigenvalue weighted by molar-refractivity contribution is 7.98. The second-order valence-electron chi connectivity index (χ2n) is 7.40. The molecule has 6 nitrogen and oxygen atoms in total. The van der Waals surface area contributed by atoms with Gasteiger partial charge in [-0.1, -0.05) is 56.3 Å². The first-order valence-electron chi connectivity index (χ1n) is 8.90. The summed E-state index contributed by atoms with van der Waals surface area (Å²) in [5.41, 5.74) is 1.73. The average Bonchev–Trinajstić information content (AvgIpc) is 2.66. The number of nitro groups is 1. The van der Waals surface area contributed by atoms with Crippen molar-refractivity contribution in [3.63, 3.8) is 0 Å². The minimum Gasteiger partial charge on any atom is -0.439 e. The maximum atomic E-state index is 10.8. The SMILES string of the molecule is CC(C)(C)c1cc(Oc2ccc([N+](=O)[O-])cc2)nc(SCc2cccc(Cl)c2)n1. The van der Waals surface area contributed by atoms with Crippen LogP contribution in [0.3, 0.4) is 0 Å². The smallest absolute Gasteiger partial charge is 0.269 e. The molecular formula is C21H20ClN3O3S. The fourth-order valence-electron chi connectivity index (χ4n) is 2.44. The van der Waals surface area contributed by atoms with E-state index in [1.54, 1.807) is 18.2 Å². The number of non-ortho nitro benzene ring substituents is 1. The second-order valence-corrected chi connectivity index (χ2v) is 8.77. The normalized spacial score (nSPS) is 11.3. The Balaban J connectivity index is 1.84. The van der Waals surface area contributed by atoms with Gasteiger partial charge >= 0.3 is 0 Å². The maximum absolute atomic E-state index is 10.8. The lowest BCUT2D eigenvalue weighted by atomic mass is 9.92. The number of halogens is 1. The third-order valence-corrected chi connectivity index (χ3v) is 5.13. The van der Waals surface area contributed by atoms with Crippen molar-refractivity contribution < 1.29 is 9.66 Å². The maximum Gasteiger partial charge on any atom is 0.269 e. The van der Waals surface area contributed by atoms with Gasteiger partial charge in [0.05, 0.1) is 10.6 Å². The molecule has 0 saturated heterocycles. The van der Waals surface area contributed by atoms with Gasteiger partial charge < -0.3 is 4.74 Å². The van der Waals surface area contributed by atoms with Crippen LogP contribution in [0.25, 0.3) is 0 Å². The minimum atomic E-state index is -0.448. The quantitative estimate of drug-likeness (QED) is 0.195. The van der Waals surface area contributed by atoms with Gasteiger partial charge in [0.1, 0.15) is 5.75 Å². The summed E-state index contributed by atoms with van der Waals surface area (Å²) in [6.45, 7) is 6.20. The van der Waals surface area contributed by atoms with Gasteiger partial charge in [0.2, 0.25) is 5.88 Å². The number of hydrogen-bond acceptors (Lipinski definition) is 6. The van der Waals surface area contributed by atoms with Crippen molar-refractivity contribution in [1.82, 2.24) is 9.97 Å². The van der Waals surface area contributed by atoms with E-state index in [1.165, 1.54) is 23.9 Å². The first-order valence-corrected chi connectivity index (χ1v) is 10.3. The van der Waals surface area contributed by atoms with Crippen molar-refractivity contribution >= 4 is 29.1 Å². The Hall–Kier alpha value is -2.64. The van der Waals surface area contributed by atoms with Crippen molar-refractivity contribution in [2.75, 3.05) is 0 Å².